The van der Waals surface area contributed by atoms with E-state index in [1.165, 1.54) is 10.4 Å². The summed E-state index contributed by atoms with van der Waals surface area (Å²) >= 11 is 0. The van der Waals surface area contributed by atoms with E-state index in [4.69, 9.17) is 4.74 Å². The molecular weight excluding hydrogens is 468 g/mol. The van der Waals surface area contributed by atoms with Gasteiger partial charge in [-0.3, -0.25) is 9.59 Å². The summed E-state index contributed by atoms with van der Waals surface area (Å²) in [7, 11) is -1.46. The maximum Gasteiger partial charge on any atom is 0.262 e. The van der Waals surface area contributed by atoms with E-state index in [0.717, 1.165) is 25.9 Å². The summed E-state index contributed by atoms with van der Waals surface area (Å²) in [4.78, 5) is 29.3. The Balaban J connectivity index is 1.30. The number of nitrogens with one attached hydrogen (secondary N) is 1. The van der Waals surface area contributed by atoms with Crippen LogP contribution in [0.3, 0.4) is 0 Å². The van der Waals surface area contributed by atoms with Crippen LogP contribution in [0.4, 0.5) is 5.69 Å². The number of amides is 2. The highest BCUT2D eigenvalue weighted by atomic mass is 32.2. The van der Waals surface area contributed by atoms with Crippen LogP contribution in [-0.4, -0.2) is 87.3 Å². The van der Waals surface area contributed by atoms with Gasteiger partial charge in [-0.25, -0.2) is 8.42 Å². The van der Waals surface area contributed by atoms with Gasteiger partial charge in [0.15, 0.2) is 6.61 Å². The van der Waals surface area contributed by atoms with Crippen molar-refractivity contribution in [1.29, 1.82) is 0 Å². The first-order chi connectivity index (χ1) is 16.7. The van der Waals surface area contributed by atoms with E-state index in [1.54, 1.807) is 43.3 Å². The molecule has 2 fully saturated rings. The average molecular weight is 501 g/mol. The Morgan fingerprint density at radius 3 is 2.23 bits per heavy atom. The maximum absolute atomic E-state index is 12.7. The Bertz CT molecular complexity index is 1170. The number of benzene rings is 2. The summed E-state index contributed by atoms with van der Waals surface area (Å²) in [6.07, 6.45) is 1.76. The van der Waals surface area contributed by atoms with Gasteiger partial charge in [-0.1, -0.05) is 0 Å². The highest BCUT2D eigenvalue weighted by molar-refractivity contribution is 7.89. The minimum absolute atomic E-state index is 0.00928. The zero-order valence-electron chi connectivity index (χ0n) is 20.2. The van der Waals surface area contributed by atoms with Gasteiger partial charge in [-0.2, -0.15) is 4.31 Å². The molecule has 2 aliphatic rings. The Kier molecular flexibility index (Phi) is 7.73. The van der Waals surface area contributed by atoms with Crippen LogP contribution in [-0.2, 0) is 14.8 Å². The van der Waals surface area contributed by atoms with Crippen LogP contribution in [0.2, 0.25) is 0 Å². The minimum atomic E-state index is -3.50. The molecule has 0 aliphatic carbocycles. The van der Waals surface area contributed by atoms with Crippen LogP contribution in [0.25, 0.3) is 0 Å². The lowest BCUT2D eigenvalue weighted by Crippen LogP contribution is -2.47. The molecule has 0 radical (unpaired) electrons. The second kappa shape index (κ2) is 10.8. The van der Waals surface area contributed by atoms with E-state index in [9.17, 15) is 18.0 Å². The van der Waals surface area contributed by atoms with Gasteiger partial charge in [0.05, 0.1) is 4.90 Å². The third-order valence-corrected chi connectivity index (χ3v) is 8.31. The van der Waals surface area contributed by atoms with Gasteiger partial charge in [0.2, 0.25) is 10.0 Å². The van der Waals surface area contributed by atoms with Crippen molar-refractivity contribution in [3.63, 3.8) is 0 Å². The van der Waals surface area contributed by atoms with Gasteiger partial charge in [-0.15, -0.1) is 0 Å². The van der Waals surface area contributed by atoms with Gasteiger partial charge >= 0.3 is 0 Å². The van der Waals surface area contributed by atoms with E-state index in [0.29, 0.717) is 48.7 Å². The predicted octanol–water partition coefficient (Wildman–Crippen LogP) is 2.18. The summed E-state index contributed by atoms with van der Waals surface area (Å²) < 4.78 is 32.6. The maximum atomic E-state index is 12.7. The van der Waals surface area contributed by atoms with Gasteiger partial charge in [0.1, 0.15) is 5.75 Å². The number of hydrogen-bond donors (Lipinski definition) is 1. The lowest BCUT2D eigenvalue weighted by atomic mass is 10.1. The Labute approximate surface area is 206 Å². The molecule has 9 nitrogen and oxygen atoms in total. The monoisotopic (exact) mass is 500 g/mol. The van der Waals surface area contributed by atoms with Crippen molar-refractivity contribution in [3.05, 3.63) is 53.6 Å². The molecule has 2 aromatic rings. The van der Waals surface area contributed by atoms with Gasteiger partial charge < -0.3 is 19.9 Å². The van der Waals surface area contributed by atoms with Gasteiger partial charge in [0.25, 0.3) is 11.8 Å². The summed E-state index contributed by atoms with van der Waals surface area (Å²) in [6, 6.07) is 11.5. The standard InChI is InChI=1S/C25H32N4O5S/c1-19-17-22(35(32,33)29-11-3-4-12-29)9-10-23(19)34-18-24(30)26-21-7-5-20(6-8-21)25(31)28-15-13-27(2)14-16-28/h5-10,17H,3-4,11-16,18H2,1-2H3,(H,26,30). The normalized spacial score (nSPS) is 17.4. The molecule has 10 heteroatoms. The summed E-state index contributed by atoms with van der Waals surface area (Å²) in [5.74, 6) is 0.0925. The van der Waals surface area contributed by atoms with E-state index < -0.39 is 10.0 Å². The topological polar surface area (TPSA) is 99.3 Å². The predicted molar refractivity (Wildman–Crippen MR) is 133 cm³/mol. The van der Waals surface area contributed by atoms with E-state index >= 15 is 0 Å². The molecule has 35 heavy (non-hydrogen) atoms. The van der Waals surface area contributed by atoms with Crippen LogP contribution in [0, 0.1) is 6.92 Å². The quantitative estimate of drug-likeness (QED) is 0.626. The molecule has 2 heterocycles. The first kappa shape index (κ1) is 25.2. The minimum Gasteiger partial charge on any atom is -0.483 e. The molecular formula is C25H32N4O5S. The molecule has 2 amide bonds. The van der Waals surface area contributed by atoms with Crippen LogP contribution in [0.15, 0.2) is 47.4 Å². The van der Waals surface area contributed by atoms with Crippen molar-refractivity contribution in [1.82, 2.24) is 14.1 Å². The smallest absolute Gasteiger partial charge is 0.262 e. The van der Waals surface area contributed by atoms with E-state index in [1.807, 2.05) is 11.9 Å². The third-order valence-electron chi connectivity index (χ3n) is 6.41. The second-order valence-corrected chi connectivity index (χ2v) is 11.0. The number of sulfonamides is 1. The number of carbonyl (C=O) groups is 2. The lowest BCUT2D eigenvalue weighted by Gasteiger charge is -2.32. The van der Waals surface area contributed by atoms with Crippen molar-refractivity contribution in [3.8, 4) is 5.75 Å². The Morgan fingerprint density at radius 2 is 1.60 bits per heavy atom. The fourth-order valence-corrected chi connectivity index (χ4v) is 5.85. The van der Waals surface area contributed by atoms with E-state index in [2.05, 4.69) is 10.2 Å². The SMILES string of the molecule is Cc1cc(S(=O)(=O)N2CCCC2)ccc1OCC(=O)Nc1ccc(C(=O)N2CCN(C)CC2)cc1. The molecule has 0 unspecified atom stereocenters. The Hall–Kier alpha value is -2.95. The van der Waals surface area contributed by atoms with E-state index in [-0.39, 0.29) is 23.3 Å². The number of rotatable bonds is 7. The number of carbonyl (C=O) groups excluding carboxylic acids is 2. The average Bonchev–Trinajstić information content (AvgIpc) is 3.40. The summed E-state index contributed by atoms with van der Waals surface area (Å²) in [6.45, 7) is 5.75. The number of piperazine rings is 1. The Morgan fingerprint density at radius 1 is 0.943 bits per heavy atom. The molecule has 0 aromatic heterocycles. The number of hydrogen-bond acceptors (Lipinski definition) is 6. The molecule has 2 aromatic carbocycles. The molecule has 1 N–H and O–H groups in total. The van der Waals surface area contributed by atoms with Crippen LogP contribution >= 0.6 is 0 Å². The van der Waals surface area contributed by atoms with Crippen LogP contribution < -0.4 is 10.1 Å². The third kappa shape index (κ3) is 6.01. The number of likely N-dealkylation sites (N-methyl/N-ethyl adjacent to an activating group) is 1. The zero-order chi connectivity index (χ0) is 25.0. The van der Waals surface area contributed by atoms with Crippen LogP contribution in [0.5, 0.6) is 5.75 Å². The summed E-state index contributed by atoms with van der Waals surface area (Å²) in [5.41, 5.74) is 1.80. The highest BCUT2D eigenvalue weighted by Gasteiger charge is 2.27. The molecule has 188 valence electrons. The molecule has 2 saturated heterocycles. The van der Waals surface area contributed by atoms with Gasteiger partial charge in [-0.05, 0) is 74.8 Å². The zero-order valence-corrected chi connectivity index (χ0v) is 21.0. The number of anilines is 1. The van der Waals surface area contributed by atoms with Crippen molar-refractivity contribution in [2.75, 3.05) is 58.2 Å². The number of aryl methyl sites for hydroxylation is 1. The first-order valence-electron chi connectivity index (χ1n) is 11.9. The molecule has 2 aliphatic heterocycles. The molecule has 0 saturated carbocycles. The van der Waals surface area contributed by atoms with Crippen molar-refractivity contribution >= 4 is 27.5 Å². The number of ether oxygens (including phenoxy) is 1. The fraction of sp³-hybridized carbons (Fsp3) is 0.440. The van der Waals surface area contributed by atoms with Crippen LogP contribution in [0.1, 0.15) is 28.8 Å². The second-order valence-electron chi connectivity index (χ2n) is 9.05. The van der Waals surface area contributed by atoms with Crippen molar-refractivity contribution in [2.45, 2.75) is 24.7 Å². The molecule has 0 bridgehead atoms. The molecule has 0 spiro atoms. The van der Waals surface area contributed by atoms with Crippen molar-refractivity contribution in [2.24, 2.45) is 0 Å². The fourth-order valence-electron chi connectivity index (χ4n) is 4.25. The lowest BCUT2D eigenvalue weighted by molar-refractivity contribution is -0.118. The van der Waals surface area contributed by atoms with Gasteiger partial charge in [0, 0.05) is 50.5 Å². The largest absolute Gasteiger partial charge is 0.483 e. The molecule has 0 atom stereocenters. The number of nitrogens with zero attached hydrogens (tertiary/aromatic N) is 3. The first-order valence-corrected chi connectivity index (χ1v) is 13.3. The summed E-state index contributed by atoms with van der Waals surface area (Å²) in [5, 5.41) is 2.76. The highest BCUT2D eigenvalue weighted by Crippen LogP contribution is 2.26. The van der Waals surface area contributed by atoms with Crippen molar-refractivity contribution < 1.29 is 22.7 Å². The molecule has 4 rings (SSSR count).